The van der Waals surface area contributed by atoms with Gasteiger partial charge in [0.15, 0.2) is 0 Å². The van der Waals surface area contributed by atoms with Crippen LogP contribution in [-0.4, -0.2) is 20.8 Å². The largest absolute Gasteiger partial charge is 0.310 e. The van der Waals surface area contributed by atoms with Crippen molar-refractivity contribution >= 4 is 29.0 Å². The summed E-state index contributed by atoms with van der Waals surface area (Å²) in [6, 6.07) is 7.36. The molecule has 1 amide bonds. The van der Waals surface area contributed by atoms with Crippen LogP contribution in [0.1, 0.15) is 18.4 Å². The molecule has 1 heterocycles. The lowest BCUT2D eigenvalue weighted by Crippen LogP contribution is -2.19. The van der Waals surface area contributed by atoms with Crippen LogP contribution in [0.15, 0.2) is 36.7 Å². The number of nitro benzene ring substituents is 1. The molecule has 8 heteroatoms. The number of halogens is 1. The first-order chi connectivity index (χ1) is 9.97. The van der Waals surface area contributed by atoms with Crippen molar-refractivity contribution < 1.29 is 9.72 Å². The number of anilines is 1. The van der Waals surface area contributed by atoms with Gasteiger partial charge in [-0.15, -0.1) is 0 Å². The lowest BCUT2D eigenvalue weighted by molar-refractivity contribution is -0.384. The molecule has 0 saturated carbocycles. The second kappa shape index (κ2) is 6.27. The fourth-order valence-electron chi connectivity index (χ4n) is 1.70. The summed E-state index contributed by atoms with van der Waals surface area (Å²) in [4.78, 5) is 29.9. The molecule has 1 aromatic carbocycles. The fraction of sp³-hybridized carbons (Fsp3) is 0.154. The Morgan fingerprint density at radius 3 is 2.81 bits per heavy atom. The molecule has 0 saturated heterocycles. The Morgan fingerprint density at radius 1 is 1.38 bits per heavy atom. The monoisotopic (exact) mass is 306 g/mol. The van der Waals surface area contributed by atoms with Crippen LogP contribution in [0.25, 0.3) is 0 Å². The summed E-state index contributed by atoms with van der Waals surface area (Å²) in [5, 5.41) is 13.5. The van der Waals surface area contributed by atoms with Crippen molar-refractivity contribution in [2.45, 2.75) is 12.8 Å². The molecule has 108 valence electrons. The lowest BCUT2D eigenvalue weighted by atomic mass is 10.00. The number of aromatic nitrogens is 2. The van der Waals surface area contributed by atoms with Gasteiger partial charge >= 0.3 is 0 Å². The molecule has 1 N–H and O–H groups in total. The maximum Gasteiger partial charge on any atom is 0.269 e. The number of nitro groups is 1. The SMILES string of the molecule is CC(C(=O)Nc1cc(Cl)ncn1)c1cccc([N+](=O)[O-])c1. The van der Waals surface area contributed by atoms with Gasteiger partial charge in [-0.25, -0.2) is 9.97 Å². The van der Waals surface area contributed by atoms with Crippen molar-refractivity contribution in [1.82, 2.24) is 9.97 Å². The molecule has 0 spiro atoms. The van der Waals surface area contributed by atoms with Crippen molar-refractivity contribution in [3.63, 3.8) is 0 Å². The van der Waals surface area contributed by atoms with Gasteiger partial charge in [0.1, 0.15) is 17.3 Å². The van der Waals surface area contributed by atoms with Gasteiger partial charge in [-0.3, -0.25) is 14.9 Å². The van der Waals surface area contributed by atoms with Crippen molar-refractivity contribution in [3.8, 4) is 0 Å². The zero-order valence-electron chi connectivity index (χ0n) is 11.0. The van der Waals surface area contributed by atoms with Crippen LogP contribution in [0, 0.1) is 10.1 Å². The van der Waals surface area contributed by atoms with Crippen molar-refractivity contribution in [1.29, 1.82) is 0 Å². The van der Waals surface area contributed by atoms with Crippen LogP contribution >= 0.6 is 11.6 Å². The molecule has 0 fully saturated rings. The van der Waals surface area contributed by atoms with Gasteiger partial charge in [-0.05, 0) is 12.5 Å². The Morgan fingerprint density at radius 2 is 2.14 bits per heavy atom. The third-order valence-corrected chi connectivity index (χ3v) is 3.07. The Labute approximate surface area is 125 Å². The number of carbonyl (C=O) groups is 1. The molecule has 2 aromatic rings. The van der Waals surface area contributed by atoms with E-state index in [4.69, 9.17) is 11.6 Å². The van der Waals surface area contributed by atoms with Gasteiger partial charge < -0.3 is 5.32 Å². The molecule has 0 aliphatic heterocycles. The zero-order valence-corrected chi connectivity index (χ0v) is 11.7. The van der Waals surface area contributed by atoms with E-state index in [0.717, 1.165) is 0 Å². The van der Waals surface area contributed by atoms with Crippen molar-refractivity contribution in [2.24, 2.45) is 0 Å². The highest BCUT2D eigenvalue weighted by molar-refractivity contribution is 6.29. The standard InChI is InChI=1S/C13H11ClN4O3/c1-8(9-3-2-4-10(5-9)18(20)21)13(19)17-12-6-11(14)15-7-16-12/h2-8H,1H3,(H,15,16,17,19). The number of nitrogens with one attached hydrogen (secondary N) is 1. The summed E-state index contributed by atoms with van der Waals surface area (Å²) in [5.74, 6) is -0.638. The summed E-state index contributed by atoms with van der Waals surface area (Å²) in [5.41, 5.74) is 0.485. The van der Waals surface area contributed by atoms with Crippen LogP contribution in [0.5, 0.6) is 0 Å². The van der Waals surface area contributed by atoms with Gasteiger partial charge in [0.25, 0.3) is 5.69 Å². The van der Waals surface area contributed by atoms with Crippen LogP contribution in [0.4, 0.5) is 11.5 Å². The Kier molecular flexibility index (Phi) is 4.44. The number of hydrogen-bond acceptors (Lipinski definition) is 5. The van der Waals surface area contributed by atoms with Gasteiger partial charge in [0, 0.05) is 18.2 Å². The highest BCUT2D eigenvalue weighted by atomic mass is 35.5. The minimum absolute atomic E-state index is 0.0581. The second-order valence-corrected chi connectivity index (χ2v) is 4.68. The molecule has 2 rings (SSSR count). The van der Waals surface area contributed by atoms with Crippen LogP contribution < -0.4 is 5.32 Å². The summed E-state index contributed by atoms with van der Waals surface area (Å²) in [6.45, 7) is 1.65. The van der Waals surface area contributed by atoms with E-state index in [0.29, 0.717) is 5.56 Å². The van der Waals surface area contributed by atoms with E-state index in [1.165, 1.54) is 24.5 Å². The Balaban J connectivity index is 2.15. The van der Waals surface area contributed by atoms with Crippen LogP contribution in [-0.2, 0) is 4.79 Å². The molecule has 1 aromatic heterocycles. The first-order valence-electron chi connectivity index (χ1n) is 6.00. The normalized spacial score (nSPS) is 11.7. The summed E-state index contributed by atoms with van der Waals surface area (Å²) in [7, 11) is 0. The van der Waals surface area contributed by atoms with Gasteiger partial charge in [0.05, 0.1) is 10.8 Å². The van der Waals surface area contributed by atoms with Crippen LogP contribution in [0.2, 0.25) is 5.15 Å². The average molecular weight is 307 g/mol. The minimum atomic E-state index is -0.571. The number of hydrogen-bond donors (Lipinski definition) is 1. The lowest BCUT2D eigenvalue weighted by Gasteiger charge is -2.11. The summed E-state index contributed by atoms with van der Waals surface area (Å²) < 4.78 is 0. The van der Waals surface area contributed by atoms with Crippen LogP contribution in [0.3, 0.4) is 0 Å². The summed E-state index contributed by atoms with van der Waals surface area (Å²) in [6.07, 6.45) is 1.23. The van der Waals surface area contributed by atoms with Crippen molar-refractivity contribution in [3.05, 3.63) is 57.5 Å². The number of nitrogens with zero attached hydrogens (tertiary/aromatic N) is 3. The van der Waals surface area contributed by atoms with E-state index >= 15 is 0 Å². The number of benzene rings is 1. The molecular formula is C13H11ClN4O3. The maximum atomic E-state index is 12.1. The van der Waals surface area contributed by atoms with Gasteiger partial charge in [-0.1, -0.05) is 23.7 Å². The first-order valence-corrected chi connectivity index (χ1v) is 6.38. The number of non-ortho nitro benzene ring substituents is 1. The molecule has 0 bridgehead atoms. The fourth-order valence-corrected chi connectivity index (χ4v) is 1.84. The smallest absolute Gasteiger partial charge is 0.269 e. The van der Waals surface area contributed by atoms with Gasteiger partial charge in [-0.2, -0.15) is 0 Å². The van der Waals surface area contributed by atoms with Crippen molar-refractivity contribution in [2.75, 3.05) is 5.32 Å². The summed E-state index contributed by atoms with van der Waals surface area (Å²) >= 11 is 5.70. The van der Waals surface area contributed by atoms with E-state index in [1.54, 1.807) is 19.1 Å². The van der Waals surface area contributed by atoms with E-state index in [1.807, 2.05) is 0 Å². The number of amides is 1. The quantitative estimate of drug-likeness (QED) is 0.532. The highest BCUT2D eigenvalue weighted by Crippen LogP contribution is 2.22. The Bertz CT molecular complexity index is 693. The number of rotatable bonds is 4. The molecule has 0 aliphatic carbocycles. The minimum Gasteiger partial charge on any atom is -0.310 e. The van der Waals surface area contributed by atoms with E-state index in [2.05, 4.69) is 15.3 Å². The van der Waals surface area contributed by atoms with E-state index in [-0.39, 0.29) is 22.6 Å². The molecule has 1 unspecified atom stereocenters. The third kappa shape index (κ3) is 3.73. The molecule has 0 aliphatic rings. The number of carbonyl (C=O) groups excluding carboxylic acids is 1. The maximum absolute atomic E-state index is 12.1. The first kappa shape index (κ1) is 14.9. The predicted molar refractivity (Wildman–Crippen MR) is 77.2 cm³/mol. The second-order valence-electron chi connectivity index (χ2n) is 4.29. The molecular weight excluding hydrogens is 296 g/mol. The highest BCUT2D eigenvalue weighted by Gasteiger charge is 2.18. The molecule has 1 atom stereocenters. The molecule has 21 heavy (non-hydrogen) atoms. The average Bonchev–Trinajstić information content (AvgIpc) is 2.46. The topological polar surface area (TPSA) is 98.0 Å². The van der Waals surface area contributed by atoms with Gasteiger partial charge in [0.2, 0.25) is 5.91 Å². The third-order valence-electron chi connectivity index (χ3n) is 2.86. The predicted octanol–water partition coefficient (Wildman–Crippen LogP) is 2.78. The molecule has 0 radical (unpaired) electrons. The zero-order chi connectivity index (χ0) is 15.4. The van der Waals surface area contributed by atoms with E-state index in [9.17, 15) is 14.9 Å². The van der Waals surface area contributed by atoms with E-state index < -0.39 is 10.8 Å². The Hall–Kier alpha value is -2.54. The molecule has 7 nitrogen and oxygen atoms in total.